The number of amides is 1. The Balaban J connectivity index is 1.33. The number of amidine groups is 2. The highest BCUT2D eigenvalue weighted by Gasteiger charge is 2.41. The van der Waals surface area contributed by atoms with Crippen molar-refractivity contribution in [1.82, 2.24) is 9.88 Å². The first-order valence-electron chi connectivity index (χ1n) is 10.7. The number of aromatic nitrogens is 1. The quantitative estimate of drug-likeness (QED) is 0.400. The Morgan fingerprint density at radius 3 is 2.79 bits per heavy atom. The van der Waals surface area contributed by atoms with Gasteiger partial charge in [-0.3, -0.25) is 9.79 Å². The second-order valence-corrected chi connectivity index (χ2v) is 9.41. The fraction of sp³-hybridized carbons (Fsp3) is 0.115. The van der Waals surface area contributed by atoms with E-state index in [-0.39, 0.29) is 5.91 Å². The molecule has 0 spiro atoms. The number of fused-ring (bicyclic) bond motifs is 4. The zero-order chi connectivity index (χ0) is 22.4. The van der Waals surface area contributed by atoms with E-state index in [1.165, 1.54) is 11.8 Å². The van der Waals surface area contributed by atoms with Gasteiger partial charge < -0.3 is 4.98 Å². The highest BCUT2D eigenvalue weighted by atomic mass is 35.5. The molecule has 0 fully saturated rings. The lowest BCUT2D eigenvalue weighted by Gasteiger charge is -2.25. The molecule has 2 aliphatic rings. The second-order valence-electron chi connectivity index (χ2n) is 8.04. The molecular weight excluding hydrogens is 452 g/mol. The van der Waals surface area contributed by atoms with Crippen LogP contribution in [-0.2, 0) is 17.0 Å². The Hall–Kier alpha value is -3.35. The van der Waals surface area contributed by atoms with Crippen LogP contribution in [0.5, 0.6) is 0 Å². The molecule has 0 saturated carbocycles. The molecule has 6 rings (SSSR count). The van der Waals surface area contributed by atoms with E-state index in [0.29, 0.717) is 28.2 Å². The van der Waals surface area contributed by atoms with Gasteiger partial charge in [0, 0.05) is 39.9 Å². The summed E-state index contributed by atoms with van der Waals surface area (Å²) in [4.78, 5) is 28.3. The zero-order valence-corrected chi connectivity index (χ0v) is 19.1. The van der Waals surface area contributed by atoms with Gasteiger partial charge in [-0.1, -0.05) is 65.8 Å². The predicted octanol–water partition coefficient (Wildman–Crippen LogP) is 5.96. The molecule has 3 heterocycles. The molecule has 1 aromatic heterocycles. The molecule has 2 aliphatic heterocycles. The first kappa shape index (κ1) is 20.3. The van der Waals surface area contributed by atoms with Crippen LogP contribution in [-0.4, -0.2) is 32.8 Å². The molecule has 0 radical (unpaired) electrons. The van der Waals surface area contributed by atoms with Crippen LogP contribution < -0.4 is 0 Å². The molecule has 0 bridgehead atoms. The smallest absolute Gasteiger partial charge is 0.259 e. The number of rotatable bonds is 4. The normalized spacial score (nSPS) is 17.1. The van der Waals surface area contributed by atoms with Gasteiger partial charge in [-0.25, -0.2) is 9.89 Å². The number of aromatic amines is 1. The summed E-state index contributed by atoms with van der Waals surface area (Å²) in [6, 6.07) is 23.2. The van der Waals surface area contributed by atoms with Crippen LogP contribution >= 0.6 is 23.4 Å². The standard InChI is InChI=1S/C26H19ClN4OS/c27-18-7-5-6-16(12-18)15-33-26-30-22-11-4-2-9-20(22)24-29-23(25(32)31(24)26)13-17-14-28-21-10-3-1-8-19(17)21/h1-12,14,23,28H,13,15H2/t23-/m0/s1. The maximum atomic E-state index is 13.6. The fourth-order valence-electron chi connectivity index (χ4n) is 4.32. The van der Waals surface area contributed by atoms with E-state index in [2.05, 4.69) is 11.1 Å². The van der Waals surface area contributed by atoms with Crippen LogP contribution in [0.3, 0.4) is 0 Å². The predicted molar refractivity (Wildman–Crippen MR) is 135 cm³/mol. The number of para-hydroxylation sites is 2. The molecule has 5 nitrogen and oxygen atoms in total. The number of H-pyrrole nitrogens is 1. The lowest BCUT2D eigenvalue weighted by Crippen LogP contribution is -2.41. The molecular formula is C26H19ClN4OS. The topological polar surface area (TPSA) is 60.8 Å². The molecule has 0 unspecified atom stereocenters. The lowest BCUT2D eigenvalue weighted by atomic mass is 10.1. The third-order valence-corrected chi connectivity index (χ3v) is 7.14. The number of thioether (sulfide) groups is 1. The number of hydrogen-bond donors (Lipinski definition) is 1. The number of aliphatic imine (C=N–C) groups is 2. The third kappa shape index (κ3) is 3.65. The van der Waals surface area contributed by atoms with E-state index >= 15 is 0 Å². The van der Waals surface area contributed by atoms with Gasteiger partial charge in [-0.05, 0) is 41.5 Å². The van der Waals surface area contributed by atoms with E-state index in [9.17, 15) is 4.79 Å². The van der Waals surface area contributed by atoms with Crippen molar-refractivity contribution in [2.75, 3.05) is 0 Å². The minimum Gasteiger partial charge on any atom is -0.361 e. The Kier molecular flexibility index (Phi) is 5.04. The van der Waals surface area contributed by atoms with Crippen molar-refractivity contribution < 1.29 is 4.79 Å². The summed E-state index contributed by atoms with van der Waals surface area (Å²) in [7, 11) is 0. The second kappa shape index (κ2) is 8.21. The average molecular weight is 471 g/mol. The van der Waals surface area contributed by atoms with E-state index in [0.717, 1.165) is 33.3 Å². The Labute approximate surface area is 200 Å². The minimum atomic E-state index is -0.484. The van der Waals surface area contributed by atoms with Gasteiger partial charge in [0.15, 0.2) is 5.17 Å². The Morgan fingerprint density at radius 2 is 1.88 bits per heavy atom. The van der Waals surface area contributed by atoms with Gasteiger partial charge >= 0.3 is 0 Å². The van der Waals surface area contributed by atoms with Crippen molar-refractivity contribution in [1.29, 1.82) is 0 Å². The Bertz CT molecular complexity index is 1460. The van der Waals surface area contributed by atoms with E-state index in [4.69, 9.17) is 21.6 Å². The van der Waals surface area contributed by atoms with Gasteiger partial charge in [-0.15, -0.1) is 0 Å². The molecule has 0 saturated heterocycles. The summed E-state index contributed by atoms with van der Waals surface area (Å²) in [5.41, 5.74) is 4.95. The highest BCUT2D eigenvalue weighted by molar-refractivity contribution is 8.13. The van der Waals surface area contributed by atoms with Crippen molar-refractivity contribution in [3.8, 4) is 0 Å². The van der Waals surface area contributed by atoms with Crippen molar-refractivity contribution in [3.63, 3.8) is 0 Å². The number of carbonyl (C=O) groups excluding carboxylic acids is 1. The molecule has 1 amide bonds. The maximum absolute atomic E-state index is 13.6. The van der Waals surface area contributed by atoms with Crippen molar-refractivity contribution in [2.45, 2.75) is 18.2 Å². The summed E-state index contributed by atoms with van der Waals surface area (Å²) in [6.07, 6.45) is 2.52. The first-order valence-corrected chi connectivity index (χ1v) is 12.1. The summed E-state index contributed by atoms with van der Waals surface area (Å²) >= 11 is 7.67. The maximum Gasteiger partial charge on any atom is 0.259 e. The van der Waals surface area contributed by atoms with E-state index < -0.39 is 6.04 Å². The molecule has 33 heavy (non-hydrogen) atoms. The highest BCUT2D eigenvalue weighted by Crippen LogP contribution is 2.35. The molecule has 162 valence electrons. The number of nitrogens with zero attached hydrogens (tertiary/aromatic N) is 3. The number of halogens is 1. The van der Waals surface area contributed by atoms with Gasteiger partial charge in [0.2, 0.25) is 0 Å². The van der Waals surface area contributed by atoms with Crippen molar-refractivity contribution >= 4 is 56.9 Å². The third-order valence-electron chi connectivity index (χ3n) is 5.89. The average Bonchev–Trinajstić information content (AvgIpc) is 3.39. The monoisotopic (exact) mass is 470 g/mol. The van der Waals surface area contributed by atoms with Gasteiger partial charge in [0.05, 0.1) is 5.69 Å². The summed E-state index contributed by atoms with van der Waals surface area (Å²) in [6.45, 7) is 0. The number of benzene rings is 3. The Morgan fingerprint density at radius 1 is 1.03 bits per heavy atom. The largest absolute Gasteiger partial charge is 0.361 e. The van der Waals surface area contributed by atoms with Crippen LogP contribution in [0.1, 0.15) is 16.7 Å². The zero-order valence-electron chi connectivity index (χ0n) is 17.5. The minimum absolute atomic E-state index is 0.0397. The first-order chi connectivity index (χ1) is 16.2. The van der Waals surface area contributed by atoms with Crippen molar-refractivity contribution in [3.05, 3.63) is 101 Å². The molecule has 3 aromatic carbocycles. The van der Waals surface area contributed by atoms with Crippen LogP contribution in [0, 0.1) is 0 Å². The van der Waals surface area contributed by atoms with Gasteiger partial charge in [-0.2, -0.15) is 0 Å². The number of hydrogen-bond acceptors (Lipinski definition) is 4. The van der Waals surface area contributed by atoms with Crippen molar-refractivity contribution in [2.24, 2.45) is 9.98 Å². The summed E-state index contributed by atoms with van der Waals surface area (Å²) in [5, 5.41) is 2.47. The van der Waals surface area contributed by atoms with Gasteiger partial charge in [0.25, 0.3) is 5.91 Å². The van der Waals surface area contributed by atoms with Crippen LogP contribution in [0.4, 0.5) is 5.69 Å². The number of nitrogens with one attached hydrogen (secondary N) is 1. The van der Waals surface area contributed by atoms with Crippen LogP contribution in [0.15, 0.2) is 89.0 Å². The van der Waals surface area contributed by atoms with E-state index in [1.54, 1.807) is 4.90 Å². The molecule has 4 aromatic rings. The fourth-order valence-corrected chi connectivity index (χ4v) is 5.47. The summed E-state index contributed by atoms with van der Waals surface area (Å²) < 4.78 is 0. The van der Waals surface area contributed by atoms with E-state index in [1.807, 2.05) is 72.9 Å². The van der Waals surface area contributed by atoms with Gasteiger partial charge in [0.1, 0.15) is 11.9 Å². The number of carbonyl (C=O) groups is 1. The molecule has 7 heteroatoms. The molecule has 1 N–H and O–H groups in total. The molecule has 1 atom stereocenters. The molecule has 0 aliphatic carbocycles. The van der Waals surface area contributed by atoms with Crippen LogP contribution in [0.25, 0.3) is 10.9 Å². The SMILES string of the molecule is O=C1[C@H](Cc2c[nH]c3ccccc23)N=C2c3ccccc3N=C(SCc3cccc(Cl)c3)N12. The lowest BCUT2D eigenvalue weighted by molar-refractivity contribution is -0.124. The summed E-state index contributed by atoms with van der Waals surface area (Å²) in [5.74, 6) is 1.30. The van der Waals surface area contributed by atoms with Crippen LogP contribution in [0.2, 0.25) is 5.02 Å².